The van der Waals surface area contributed by atoms with E-state index in [0.29, 0.717) is 6.54 Å². The van der Waals surface area contributed by atoms with E-state index in [4.69, 9.17) is 0 Å². The minimum Gasteiger partial charge on any atom is -0.324 e. The number of anilines is 1. The summed E-state index contributed by atoms with van der Waals surface area (Å²) in [4.78, 5) is 11.5. The Labute approximate surface area is 103 Å². The number of carbonyl (C=O) groups is 1. The number of rotatable bonds is 4. The Morgan fingerprint density at radius 2 is 2.06 bits per heavy atom. The van der Waals surface area contributed by atoms with Gasteiger partial charge < -0.3 is 10.6 Å². The fourth-order valence-electron chi connectivity index (χ4n) is 1.55. The highest BCUT2D eigenvalue weighted by Gasteiger charge is 2.07. The molecule has 90 valence electrons. The van der Waals surface area contributed by atoms with Gasteiger partial charge in [0.25, 0.3) is 0 Å². The first kappa shape index (κ1) is 14.9. The fraction of sp³-hybridized carbons (Fsp3) is 0.417. The molecule has 0 fully saturated rings. The van der Waals surface area contributed by atoms with Crippen molar-refractivity contribution in [1.29, 1.82) is 0 Å². The third-order valence-corrected chi connectivity index (χ3v) is 2.34. The lowest BCUT2D eigenvalue weighted by atomic mass is 10.1. The van der Waals surface area contributed by atoms with E-state index in [1.165, 1.54) is 5.56 Å². The van der Waals surface area contributed by atoms with E-state index in [-0.39, 0.29) is 18.3 Å². The van der Waals surface area contributed by atoms with Crippen LogP contribution in [0.25, 0.3) is 0 Å². The number of carbonyl (C=O) groups excluding carboxylic acids is 1. The molecule has 0 aromatic heterocycles. The van der Waals surface area contributed by atoms with Gasteiger partial charge in [0.2, 0.25) is 5.91 Å². The molecule has 0 heterocycles. The Bertz CT molecular complexity index is 353. The average Bonchev–Trinajstić information content (AvgIpc) is 2.21. The van der Waals surface area contributed by atoms with Crippen molar-refractivity contribution in [3.8, 4) is 0 Å². The van der Waals surface area contributed by atoms with Gasteiger partial charge in [-0.2, -0.15) is 0 Å². The molecule has 2 N–H and O–H groups in total. The molecule has 1 aromatic rings. The van der Waals surface area contributed by atoms with Crippen LogP contribution >= 0.6 is 12.4 Å². The van der Waals surface area contributed by atoms with Crippen LogP contribution in [0.2, 0.25) is 0 Å². The van der Waals surface area contributed by atoms with Crippen LogP contribution in [0.5, 0.6) is 0 Å². The summed E-state index contributed by atoms with van der Waals surface area (Å²) in [5, 5.41) is 5.76. The van der Waals surface area contributed by atoms with E-state index < -0.39 is 0 Å². The highest BCUT2D eigenvalue weighted by atomic mass is 35.5. The molecular weight excluding hydrogens is 224 g/mol. The van der Waals surface area contributed by atoms with Gasteiger partial charge in [0, 0.05) is 5.69 Å². The predicted molar refractivity (Wildman–Crippen MR) is 70.4 cm³/mol. The molecule has 1 rings (SSSR count). The summed E-state index contributed by atoms with van der Waals surface area (Å²) in [6.07, 6.45) is 0.927. The van der Waals surface area contributed by atoms with Crippen molar-refractivity contribution in [1.82, 2.24) is 5.32 Å². The van der Waals surface area contributed by atoms with E-state index >= 15 is 0 Å². The van der Waals surface area contributed by atoms with Gasteiger partial charge in [-0.25, -0.2) is 0 Å². The topological polar surface area (TPSA) is 41.1 Å². The number of amides is 1. The summed E-state index contributed by atoms with van der Waals surface area (Å²) in [6, 6.07) is 6.07. The first-order valence-electron chi connectivity index (χ1n) is 5.22. The van der Waals surface area contributed by atoms with Crippen LogP contribution < -0.4 is 10.6 Å². The van der Waals surface area contributed by atoms with Crippen molar-refractivity contribution < 1.29 is 4.79 Å². The van der Waals surface area contributed by atoms with Crippen molar-refractivity contribution in [2.45, 2.75) is 20.3 Å². The summed E-state index contributed by atoms with van der Waals surface area (Å²) in [5.41, 5.74) is 3.25. The number of likely N-dealkylation sites (N-methyl/N-ethyl adjacent to an activating group) is 1. The zero-order valence-electron chi connectivity index (χ0n) is 9.96. The Morgan fingerprint density at radius 1 is 1.38 bits per heavy atom. The van der Waals surface area contributed by atoms with Crippen molar-refractivity contribution >= 4 is 24.0 Å². The molecule has 4 heteroatoms. The van der Waals surface area contributed by atoms with E-state index in [1.807, 2.05) is 25.1 Å². The molecule has 0 saturated carbocycles. The number of halogens is 1. The standard InChI is InChI=1S/C12H18N2O.ClH/c1-4-10-7-5-6-9(2)12(10)14-11(15)8-13-3;/h5-7,13H,4,8H2,1-3H3,(H,14,15);1H. The van der Waals surface area contributed by atoms with Gasteiger partial charge in [0.05, 0.1) is 6.54 Å². The van der Waals surface area contributed by atoms with Crippen LogP contribution in [-0.2, 0) is 11.2 Å². The molecule has 16 heavy (non-hydrogen) atoms. The Hall–Kier alpha value is -1.06. The lowest BCUT2D eigenvalue weighted by Crippen LogP contribution is -2.25. The normalized spacial score (nSPS) is 9.44. The third kappa shape index (κ3) is 3.83. The highest BCUT2D eigenvalue weighted by Crippen LogP contribution is 2.20. The lowest BCUT2D eigenvalue weighted by Gasteiger charge is -2.12. The molecular formula is C12H19ClN2O. The van der Waals surface area contributed by atoms with Crippen LogP contribution in [0.1, 0.15) is 18.1 Å². The maximum absolute atomic E-state index is 11.5. The van der Waals surface area contributed by atoms with E-state index in [9.17, 15) is 4.79 Å². The molecule has 0 atom stereocenters. The van der Waals surface area contributed by atoms with E-state index in [1.54, 1.807) is 7.05 Å². The van der Waals surface area contributed by atoms with Gasteiger partial charge in [0.1, 0.15) is 0 Å². The molecule has 0 bridgehead atoms. The van der Waals surface area contributed by atoms with Gasteiger partial charge in [-0.1, -0.05) is 25.1 Å². The zero-order chi connectivity index (χ0) is 11.3. The molecule has 0 radical (unpaired) electrons. The SMILES string of the molecule is CCc1cccc(C)c1NC(=O)CNC.Cl. The summed E-state index contributed by atoms with van der Waals surface area (Å²) >= 11 is 0. The molecule has 0 spiro atoms. The van der Waals surface area contributed by atoms with E-state index in [0.717, 1.165) is 17.7 Å². The molecule has 0 unspecified atom stereocenters. The van der Waals surface area contributed by atoms with Crippen LogP contribution in [0.3, 0.4) is 0 Å². The van der Waals surface area contributed by atoms with Gasteiger partial charge >= 0.3 is 0 Å². The average molecular weight is 243 g/mol. The predicted octanol–water partition coefficient (Wildman–Crippen LogP) is 2.14. The molecule has 3 nitrogen and oxygen atoms in total. The Morgan fingerprint density at radius 3 is 2.62 bits per heavy atom. The second-order valence-corrected chi connectivity index (χ2v) is 3.54. The maximum atomic E-state index is 11.5. The van der Waals surface area contributed by atoms with Crippen molar-refractivity contribution in [2.75, 3.05) is 18.9 Å². The maximum Gasteiger partial charge on any atom is 0.238 e. The van der Waals surface area contributed by atoms with Crippen LogP contribution in [0, 0.1) is 6.92 Å². The van der Waals surface area contributed by atoms with Crippen LogP contribution in [-0.4, -0.2) is 19.5 Å². The third-order valence-electron chi connectivity index (χ3n) is 2.34. The smallest absolute Gasteiger partial charge is 0.238 e. The number of nitrogens with one attached hydrogen (secondary N) is 2. The fourth-order valence-corrected chi connectivity index (χ4v) is 1.55. The number of para-hydroxylation sites is 1. The van der Waals surface area contributed by atoms with Crippen molar-refractivity contribution in [3.63, 3.8) is 0 Å². The lowest BCUT2D eigenvalue weighted by molar-refractivity contribution is -0.115. The number of hydrogen-bond donors (Lipinski definition) is 2. The van der Waals surface area contributed by atoms with Crippen molar-refractivity contribution in [2.24, 2.45) is 0 Å². The summed E-state index contributed by atoms with van der Waals surface area (Å²) < 4.78 is 0. The molecule has 0 aliphatic heterocycles. The second kappa shape index (κ2) is 7.25. The Balaban J connectivity index is 0.00000225. The summed E-state index contributed by atoms with van der Waals surface area (Å²) in [5.74, 6) is 0.00139. The van der Waals surface area contributed by atoms with Gasteiger partial charge in [0.15, 0.2) is 0 Å². The highest BCUT2D eigenvalue weighted by molar-refractivity contribution is 5.93. The minimum absolute atomic E-state index is 0. The zero-order valence-corrected chi connectivity index (χ0v) is 10.8. The molecule has 1 aromatic carbocycles. The number of hydrogen-bond acceptors (Lipinski definition) is 2. The molecule has 0 saturated heterocycles. The van der Waals surface area contributed by atoms with Gasteiger partial charge in [-0.3, -0.25) is 4.79 Å². The minimum atomic E-state index is 0. The quantitative estimate of drug-likeness (QED) is 0.850. The first-order valence-corrected chi connectivity index (χ1v) is 5.22. The summed E-state index contributed by atoms with van der Waals surface area (Å²) in [6.45, 7) is 4.44. The first-order chi connectivity index (χ1) is 7.19. The van der Waals surface area contributed by atoms with Crippen LogP contribution in [0.15, 0.2) is 18.2 Å². The monoisotopic (exact) mass is 242 g/mol. The van der Waals surface area contributed by atoms with Gasteiger partial charge in [-0.05, 0) is 31.5 Å². The van der Waals surface area contributed by atoms with E-state index in [2.05, 4.69) is 17.6 Å². The van der Waals surface area contributed by atoms with Crippen LogP contribution in [0.4, 0.5) is 5.69 Å². The van der Waals surface area contributed by atoms with Crippen molar-refractivity contribution in [3.05, 3.63) is 29.3 Å². The Kier molecular flexibility index (Phi) is 6.77. The number of aryl methyl sites for hydroxylation is 2. The number of benzene rings is 1. The second-order valence-electron chi connectivity index (χ2n) is 3.54. The molecule has 0 aliphatic carbocycles. The molecule has 0 aliphatic rings. The summed E-state index contributed by atoms with van der Waals surface area (Å²) in [7, 11) is 1.76. The largest absolute Gasteiger partial charge is 0.324 e. The molecule has 1 amide bonds. The van der Waals surface area contributed by atoms with Gasteiger partial charge in [-0.15, -0.1) is 12.4 Å².